The highest BCUT2D eigenvalue weighted by Gasteiger charge is 2.09. The van der Waals surface area contributed by atoms with Gasteiger partial charge < -0.3 is 10.1 Å². The molecule has 25 heavy (non-hydrogen) atoms. The molecular weight excluding hydrogens is 381 g/mol. The van der Waals surface area contributed by atoms with Crippen LogP contribution in [0.3, 0.4) is 0 Å². The van der Waals surface area contributed by atoms with Crippen LogP contribution in [-0.2, 0) is 6.61 Å². The van der Waals surface area contributed by atoms with E-state index in [1.165, 1.54) is 6.07 Å². The van der Waals surface area contributed by atoms with Crippen LogP contribution in [0.4, 0.5) is 10.1 Å². The molecular formula is C21H19BrFNO. The Morgan fingerprint density at radius 1 is 1.00 bits per heavy atom. The summed E-state index contributed by atoms with van der Waals surface area (Å²) < 4.78 is 20.5. The van der Waals surface area contributed by atoms with Gasteiger partial charge in [-0.05, 0) is 48.4 Å². The van der Waals surface area contributed by atoms with Crippen LogP contribution in [0.25, 0.3) is 0 Å². The van der Waals surface area contributed by atoms with Crippen molar-refractivity contribution in [1.82, 2.24) is 0 Å². The number of benzene rings is 3. The molecule has 1 N–H and O–H groups in total. The maximum absolute atomic E-state index is 13.9. The Kier molecular flexibility index (Phi) is 5.71. The molecule has 1 atom stereocenters. The molecule has 0 radical (unpaired) electrons. The zero-order valence-corrected chi connectivity index (χ0v) is 15.5. The van der Waals surface area contributed by atoms with Gasteiger partial charge in [0.05, 0.1) is 5.69 Å². The summed E-state index contributed by atoms with van der Waals surface area (Å²) in [7, 11) is 0. The predicted molar refractivity (Wildman–Crippen MR) is 103 cm³/mol. The van der Waals surface area contributed by atoms with E-state index in [1.54, 1.807) is 12.1 Å². The van der Waals surface area contributed by atoms with Gasteiger partial charge in [-0.15, -0.1) is 0 Å². The number of halogens is 2. The Labute approximate surface area is 155 Å². The molecule has 128 valence electrons. The fraction of sp³-hybridized carbons (Fsp3) is 0.143. The van der Waals surface area contributed by atoms with Gasteiger partial charge >= 0.3 is 0 Å². The van der Waals surface area contributed by atoms with Gasteiger partial charge in [0.2, 0.25) is 0 Å². The standard InChI is InChI=1S/C21H19BrFNO/c1-15(24-21-13-18(22)9-12-20(21)23)17-7-10-19(11-8-17)25-14-16-5-3-2-4-6-16/h2-13,15,24H,14H2,1H3. The third-order valence-corrected chi connectivity index (χ3v) is 4.42. The van der Waals surface area contributed by atoms with Crippen LogP contribution in [0, 0.1) is 5.82 Å². The van der Waals surface area contributed by atoms with Crippen molar-refractivity contribution in [1.29, 1.82) is 0 Å². The molecule has 0 amide bonds. The maximum Gasteiger partial charge on any atom is 0.146 e. The summed E-state index contributed by atoms with van der Waals surface area (Å²) in [6.07, 6.45) is 0. The zero-order valence-electron chi connectivity index (χ0n) is 13.9. The van der Waals surface area contributed by atoms with Gasteiger partial charge in [0.15, 0.2) is 0 Å². The van der Waals surface area contributed by atoms with Crippen molar-refractivity contribution in [2.75, 3.05) is 5.32 Å². The molecule has 0 heterocycles. The first-order valence-electron chi connectivity index (χ1n) is 8.10. The summed E-state index contributed by atoms with van der Waals surface area (Å²) in [6, 6.07) is 22.8. The smallest absolute Gasteiger partial charge is 0.146 e. The normalized spacial score (nSPS) is 11.8. The second-order valence-electron chi connectivity index (χ2n) is 5.83. The minimum absolute atomic E-state index is 0.0213. The van der Waals surface area contributed by atoms with Gasteiger partial charge in [0.1, 0.15) is 18.2 Å². The third kappa shape index (κ3) is 4.83. The summed E-state index contributed by atoms with van der Waals surface area (Å²) >= 11 is 3.37. The van der Waals surface area contributed by atoms with Crippen molar-refractivity contribution < 1.29 is 9.13 Å². The van der Waals surface area contributed by atoms with E-state index in [9.17, 15) is 4.39 Å². The van der Waals surface area contributed by atoms with Crippen LogP contribution in [0.2, 0.25) is 0 Å². The highest BCUT2D eigenvalue weighted by Crippen LogP contribution is 2.26. The Hall–Kier alpha value is -2.33. The van der Waals surface area contributed by atoms with E-state index in [0.717, 1.165) is 21.3 Å². The number of rotatable bonds is 6. The van der Waals surface area contributed by atoms with Crippen molar-refractivity contribution in [2.45, 2.75) is 19.6 Å². The van der Waals surface area contributed by atoms with Gasteiger partial charge in [-0.1, -0.05) is 58.4 Å². The van der Waals surface area contributed by atoms with Crippen LogP contribution < -0.4 is 10.1 Å². The molecule has 0 spiro atoms. The Morgan fingerprint density at radius 3 is 2.44 bits per heavy atom. The number of ether oxygens (including phenoxy) is 1. The van der Waals surface area contributed by atoms with Crippen molar-refractivity contribution >= 4 is 21.6 Å². The minimum atomic E-state index is -0.266. The molecule has 3 rings (SSSR count). The van der Waals surface area contributed by atoms with E-state index in [1.807, 2.05) is 61.5 Å². The molecule has 0 saturated heterocycles. The van der Waals surface area contributed by atoms with Gasteiger partial charge in [-0.25, -0.2) is 4.39 Å². The summed E-state index contributed by atoms with van der Waals surface area (Å²) in [5.41, 5.74) is 2.67. The van der Waals surface area contributed by atoms with Gasteiger partial charge in [-0.2, -0.15) is 0 Å². The molecule has 0 fully saturated rings. The van der Waals surface area contributed by atoms with Crippen LogP contribution in [0.15, 0.2) is 77.3 Å². The predicted octanol–water partition coefficient (Wildman–Crippen LogP) is 6.34. The Morgan fingerprint density at radius 2 is 1.72 bits per heavy atom. The fourth-order valence-electron chi connectivity index (χ4n) is 2.52. The van der Waals surface area contributed by atoms with E-state index in [2.05, 4.69) is 21.2 Å². The SMILES string of the molecule is CC(Nc1cc(Br)ccc1F)c1ccc(OCc2ccccc2)cc1. The molecule has 3 aromatic rings. The lowest BCUT2D eigenvalue weighted by Crippen LogP contribution is -2.08. The fourth-order valence-corrected chi connectivity index (χ4v) is 2.88. The van der Waals surface area contributed by atoms with Crippen molar-refractivity contribution in [3.8, 4) is 5.75 Å². The number of anilines is 1. The van der Waals surface area contributed by atoms with Gasteiger partial charge in [0.25, 0.3) is 0 Å². The molecule has 0 aliphatic carbocycles. The van der Waals surface area contributed by atoms with Crippen molar-refractivity contribution in [3.05, 3.63) is 94.2 Å². The monoisotopic (exact) mass is 399 g/mol. The van der Waals surface area contributed by atoms with E-state index < -0.39 is 0 Å². The van der Waals surface area contributed by atoms with Crippen LogP contribution in [0.5, 0.6) is 5.75 Å². The largest absolute Gasteiger partial charge is 0.489 e. The second-order valence-corrected chi connectivity index (χ2v) is 6.75. The summed E-state index contributed by atoms with van der Waals surface area (Å²) in [6.45, 7) is 2.54. The zero-order chi connectivity index (χ0) is 17.6. The molecule has 0 aromatic heterocycles. The second kappa shape index (κ2) is 8.17. The number of hydrogen-bond donors (Lipinski definition) is 1. The Bertz CT molecular complexity index is 821. The third-order valence-electron chi connectivity index (χ3n) is 3.93. The first kappa shape index (κ1) is 17.5. The van der Waals surface area contributed by atoms with E-state index in [-0.39, 0.29) is 11.9 Å². The van der Waals surface area contributed by atoms with E-state index in [4.69, 9.17) is 4.74 Å². The lowest BCUT2D eigenvalue weighted by Gasteiger charge is -2.17. The summed E-state index contributed by atoms with van der Waals surface area (Å²) in [5, 5.41) is 3.20. The van der Waals surface area contributed by atoms with Crippen LogP contribution >= 0.6 is 15.9 Å². The van der Waals surface area contributed by atoms with Crippen LogP contribution in [0.1, 0.15) is 24.1 Å². The van der Waals surface area contributed by atoms with Gasteiger partial charge in [-0.3, -0.25) is 0 Å². The quantitative estimate of drug-likeness (QED) is 0.521. The maximum atomic E-state index is 13.9. The molecule has 0 aliphatic rings. The van der Waals surface area contributed by atoms with Crippen LogP contribution in [-0.4, -0.2) is 0 Å². The highest BCUT2D eigenvalue weighted by molar-refractivity contribution is 9.10. The first-order valence-corrected chi connectivity index (χ1v) is 8.89. The van der Waals surface area contributed by atoms with Crippen molar-refractivity contribution in [3.63, 3.8) is 0 Å². The lowest BCUT2D eigenvalue weighted by atomic mass is 10.1. The molecule has 0 bridgehead atoms. The average molecular weight is 400 g/mol. The minimum Gasteiger partial charge on any atom is -0.489 e. The molecule has 1 unspecified atom stereocenters. The van der Waals surface area contributed by atoms with E-state index in [0.29, 0.717) is 12.3 Å². The molecule has 2 nitrogen and oxygen atoms in total. The molecule has 0 aliphatic heterocycles. The summed E-state index contributed by atoms with van der Waals surface area (Å²) in [5.74, 6) is 0.548. The number of hydrogen-bond acceptors (Lipinski definition) is 2. The van der Waals surface area contributed by atoms with Crippen molar-refractivity contribution in [2.24, 2.45) is 0 Å². The summed E-state index contributed by atoms with van der Waals surface area (Å²) in [4.78, 5) is 0. The topological polar surface area (TPSA) is 21.3 Å². The Balaban J connectivity index is 1.62. The molecule has 3 aromatic carbocycles. The number of nitrogens with one attached hydrogen (secondary N) is 1. The van der Waals surface area contributed by atoms with Gasteiger partial charge in [0, 0.05) is 10.5 Å². The molecule has 0 saturated carbocycles. The van der Waals surface area contributed by atoms with E-state index >= 15 is 0 Å². The average Bonchev–Trinajstić information content (AvgIpc) is 2.64. The highest BCUT2D eigenvalue weighted by atomic mass is 79.9. The first-order chi connectivity index (χ1) is 12.1. The molecule has 4 heteroatoms. The lowest BCUT2D eigenvalue weighted by molar-refractivity contribution is 0.306.